The molecule has 2 bridgehead atoms. The van der Waals surface area contributed by atoms with E-state index in [0.29, 0.717) is 16.7 Å². The van der Waals surface area contributed by atoms with Gasteiger partial charge in [-0.25, -0.2) is 12.8 Å². The minimum absolute atomic E-state index is 0. The standard InChI is InChI=1S/C21H30O.Y/c1-5-20(4)13-21-10-8-17(18-9-11-22-15(18)3)14(2)19(21)7-6-16(20)12-21;/h9,11,16-17,19H,3,5-8,10,12-13H2,1-2,4H3;/q-2;. The number of hydrogen-bond acceptors (Lipinski definition) is 1. The van der Waals surface area contributed by atoms with E-state index in [2.05, 4.69) is 33.8 Å². The number of fused-ring (bicyclic) bond motifs is 1. The van der Waals surface area contributed by atoms with E-state index >= 15 is 0 Å². The van der Waals surface area contributed by atoms with Crippen molar-refractivity contribution in [3.63, 3.8) is 0 Å². The van der Waals surface area contributed by atoms with Gasteiger partial charge in [-0.05, 0) is 29.9 Å². The van der Waals surface area contributed by atoms with Crippen LogP contribution in [-0.4, -0.2) is 0 Å². The van der Waals surface area contributed by atoms with Gasteiger partial charge in [0.05, 0.1) is 6.26 Å². The molecular formula is C21H30OY-2. The second-order valence-electron chi connectivity index (χ2n) is 8.71. The molecule has 0 aliphatic heterocycles. The Morgan fingerprint density at radius 2 is 2.13 bits per heavy atom. The van der Waals surface area contributed by atoms with E-state index in [1.807, 2.05) is 6.26 Å². The molecule has 0 N–H and O–H groups in total. The van der Waals surface area contributed by atoms with Crippen LogP contribution >= 0.6 is 0 Å². The van der Waals surface area contributed by atoms with Crippen LogP contribution < -0.4 is 0 Å². The van der Waals surface area contributed by atoms with E-state index in [0.717, 1.165) is 17.6 Å². The third-order valence-electron chi connectivity index (χ3n) is 7.93. The molecule has 4 rings (SSSR count). The Balaban J connectivity index is 0.00000156. The smallest absolute Gasteiger partial charge is 0.0690 e. The Hall–Kier alpha value is 0.254. The summed E-state index contributed by atoms with van der Waals surface area (Å²) in [5.74, 6) is 5.03. The summed E-state index contributed by atoms with van der Waals surface area (Å²) in [5.41, 5.74) is 2.58. The van der Waals surface area contributed by atoms with Crippen LogP contribution in [0.2, 0.25) is 0 Å². The molecule has 3 aliphatic carbocycles. The molecule has 1 heterocycles. The molecule has 0 saturated heterocycles. The predicted molar refractivity (Wildman–Crippen MR) is 90.3 cm³/mol. The van der Waals surface area contributed by atoms with Gasteiger partial charge in [0.15, 0.2) is 0 Å². The monoisotopic (exact) mass is 387 g/mol. The third-order valence-corrected chi connectivity index (χ3v) is 7.93. The zero-order valence-corrected chi connectivity index (χ0v) is 17.9. The van der Waals surface area contributed by atoms with Crippen LogP contribution in [0.3, 0.4) is 0 Å². The molecule has 1 spiro atoms. The van der Waals surface area contributed by atoms with E-state index in [-0.39, 0.29) is 32.7 Å². The van der Waals surface area contributed by atoms with Crippen molar-refractivity contribution < 1.29 is 37.1 Å². The normalized spacial score (nSPS) is 43.0. The van der Waals surface area contributed by atoms with Gasteiger partial charge in [0.2, 0.25) is 0 Å². The largest absolute Gasteiger partial charge is 0.504 e. The van der Waals surface area contributed by atoms with E-state index in [1.54, 1.807) is 5.92 Å². The van der Waals surface area contributed by atoms with Gasteiger partial charge in [0.1, 0.15) is 0 Å². The van der Waals surface area contributed by atoms with Gasteiger partial charge in [0.25, 0.3) is 0 Å². The molecule has 3 aliphatic rings. The minimum atomic E-state index is 0. The van der Waals surface area contributed by atoms with Gasteiger partial charge in [0, 0.05) is 32.7 Å². The first-order valence-corrected chi connectivity index (χ1v) is 9.22. The van der Waals surface area contributed by atoms with Crippen molar-refractivity contribution >= 4 is 0 Å². The molecule has 3 saturated carbocycles. The second-order valence-corrected chi connectivity index (χ2v) is 8.71. The van der Waals surface area contributed by atoms with Gasteiger partial charge in [-0.1, -0.05) is 51.4 Å². The summed E-state index contributed by atoms with van der Waals surface area (Å²) >= 11 is 0. The van der Waals surface area contributed by atoms with Crippen LogP contribution in [0.15, 0.2) is 16.7 Å². The fraction of sp³-hybridized carbons (Fsp3) is 0.714. The first-order valence-electron chi connectivity index (χ1n) is 9.22. The van der Waals surface area contributed by atoms with Crippen molar-refractivity contribution in [3.05, 3.63) is 36.5 Å². The van der Waals surface area contributed by atoms with Crippen molar-refractivity contribution in [1.29, 1.82) is 0 Å². The summed E-state index contributed by atoms with van der Waals surface area (Å²) < 4.78 is 5.49. The summed E-state index contributed by atoms with van der Waals surface area (Å²) in [7, 11) is 0. The van der Waals surface area contributed by atoms with Crippen molar-refractivity contribution in [2.75, 3.05) is 0 Å². The van der Waals surface area contributed by atoms with E-state index < -0.39 is 0 Å². The van der Waals surface area contributed by atoms with Crippen molar-refractivity contribution in [3.8, 4) is 0 Å². The average Bonchev–Trinajstić information content (AvgIpc) is 3.01. The van der Waals surface area contributed by atoms with Crippen LogP contribution in [-0.2, 0) is 32.7 Å². The summed E-state index contributed by atoms with van der Waals surface area (Å²) in [6.07, 6.45) is 11.7. The first-order chi connectivity index (χ1) is 10.5. The number of rotatable bonds is 2. The Labute approximate surface area is 167 Å². The van der Waals surface area contributed by atoms with Crippen LogP contribution in [0.25, 0.3) is 0 Å². The Morgan fingerprint density at radius 1 is 1.35 bits per heavy atom. The Morgan fingerprint density at radius 3 is 2.78 bits per heavy atom. The minimum Gasteiger partial charge on any atom is -0.504 e. The summed E-state index contributed by atoms with van der Waals surface area (Å²) in [4.78, 5) is 0. The molecule has 3 fully saturated rings. The van der Waals surface area contributed by atoms with Crippen molar-refractivity contribution in [2.24, 2.45) is 22.7 Å². The molecule has 0 amide bonds. The van der Waals surface area contributed by atoms with Crippen molar-refractivity contribution in [2.45, 2.75) is 71.6 Å². The quantitative estimate of drug-likeness (QED) is 0.555. The topological polar surface area (TPSA) is 13.1 Å². The zero-order chi connectivity index (χ0) is 15.5. The molecule has 125 valence electrons. The first kappa shape index (κ1) is 18.1. The average molecular weight is 387 g/mol. The summed E-state index contributed by atoms with van der Waals surface area (Å²) in [6.45, 7) is 11.5. The molecule has 23 heavy (non-hydrogen) atoms. The van der Waals surface area contributed by atoms with Crippen molar-refractivity contribution in [1.82, 2.24) is 0 Å². The number of hydrogen-bond donors (Lipinski definition) is 0. The van der Waals surface area contributed by atoms with Crippen LogP contribution in [0.1, 0.15) is 83.0 Å². The van der Waals surface area contributed by atoms with Crippen LogP contribution in [0.4, 0.5) is 0 Å². The number of furan rings is 1. The maximum absolute atomic E-state index is 5.49. The van der Waals surface area contributed by atoms with Crippen LogP contribution in [0.5, 0.6) is 0 Å². The molecule has 1 aromatic heterocycles. The van der Waals surface area contributed by atoms with Gasteiger partial charge in [-0.3, -0.25) is 0 Å². The molecule has 1 radical (unpaired) electrons. The Kier molecular flexibility index (Phi) is 4.87. The molecular weight excluding hydrogens is 357 g/mol. The molecule has 5 atom stereocenters. The predicted octanol–water partition coefficient (Wildman–Crippen LogP) is 6.15. The van der Waals surface area contributed by atoms with E-state index in [1.165, 1.54) is 50.5 Å². The van der Waals surface area contributed by atoms with Gasteiger partial charge >= 0.3 is 0 Å². The zero-order valence-electron chi connectivity index (χ0n) is 15.0. The van der Waals surface area contributed by atoms with Crippen LogP contribution in [0, 0.1) is 35.5 Å². The Bertz CT molecular complexity index is 564. The SMILES string of the molecule is [CH2-]c1occc1C1CCC23CC(CCC2[C-]1C)C(C)(CC)C3.[Y]. The fourth-order valence-electron chi connectivity index (χ4n) is 6.60. The second kappa shape index (κ2) is 6.20. The molecule has 5 unspecified atom stereocenters. The maximum atomic E-state index is 5.49. The third kappa shape index (κ3) is 2.60. The summed E-state index contributed by atoms with van der Waals surface area (Å²) in [5, 5.41) is 0. The van der Waals surface area contributed by atoms with E-state index in [4.69, 9.17) is 4.42 Å². The molecule has 1 nitrogen and oxygen atoms in total. The maximum Gasteiger partial charge on any atom is 0.0690 e. The molecule has 1 aromatic rings. The van der Waals surface area contributed by atoms with Gasteiger partial charge < -0.3 is 10.3 Å². The van der Waals surface area contributed by atoms with Gasteiger partial charge in [-0.2, -0.15) is 18.4 Å². The van der Waals surface area contributed by atoms with Gasteiger partial charge in [-0.15, -0.1) is 6.07 Å². The fourth-order valence-corrected chi connectivity index (χ4v) is 6.60. The van der Waals surface area contributed by atoms with E-state index in [9.17, 15) is 0 Å². The molecule has 0 aromatic carbocycles. The molecule has 2 heteroatoms. The summed E-state index contributed by atoms with van der Waals surface area (Å²) in [6, 6.07) is 2.16.